The van der Waals surface area contributed by atoms with E-state index in [9.17, 15) is 8.42 Å². The van der Waals surface area contributed by atoms with Crippen molar-refractivity contribution in [1.29, 1.82) is 0 Å². The third-order valence-corrected chi connectivity index (χ3v) is 10.6. The normalized spacial score (nSPS) is 13.4. The van der Waals surface area contributed by atoms with Crippen LogP contribution in [0.1, 0.15) is 50.2 Å². The highest BCUT2D eigenvalue weighted by Crippen LogP contribution is 2.25. The van der Waals surface area contributed by atoms with Gasteiger partial charge >= 0.3 is 0 Å². The molecule has 1 unspecified atom stereocenters. The number of rotatable bonds is 15. The maximum absolute atomic E-state index is 12.9. The fourth-order valence-electron chi connectivity index (χ4n) is 3.87. The summed E-state index contributed by atoms with van der Waals surface area (Å²) < 4.78 is 26.3. The highest BCUT2D eigenvalue weighted by molar-refractivity contribution is 9.10. The number of amidine groups is 1. The third kappa shape index (κ3) is 9.46. The molecule has 10 heteroatoms. The molecular weight excluding hydrogens is 564 g/mol. The molecule has 1 aromatic heterocycles. The molecule has 6 nitrogen and oxygen atoms in total. The molecule has 196 valence electrons. The summed E-state index contributed by atoms with van der Waals surface area (Å²) in [5.74, 6) is 2.06. The predicted octanol–water partition coefficient (Wildman–Crippen LogP) is 5.46. The van der Waals surface area contributed by atoms with Gasteiger partial charge in [-0.1, -0.05) is 32.9 Å². The van der Waals surface area contributed by atoms with E-state index in [0.717, 1.165) is 37.4 Å². The van der Waals surface area contributed by atoms with Crippen LogP contribution in [-0.2, 0) is 28.4 Å². The number of hydrogen-bond acceptors (Lipinski definition) is 7. The van der Waals surface area contributed by atoms with E-state index in [0.29, 0.717) is 34.3 Å². The van der Waals surface area contributed by atoms with E-state index in [1.807, 2.05) is 18.3 Å². The molecule has 0 fully saturated rings. The molecule has 2 aromatic rings. The minimum Gasteiger partial charge on any atom is -0.373 e. The second-order valence-corrected chi connectivity index (χ2v) is 13.3. The first-order valence-electron chi connectivity index (χ1n) is 12.3. The summed E-state index contributed by atoms with van der Waals surface area (Å²) in [6.45, 7) is 14.2. The van der Waals surface area contributed by atoms with Crippen LogP contribution in [0.4, 0.5) is 0 Å². The monoisotopic (exact) mass is 602 g/mol. The van der Waals surface area contributed by atoms with Crippen LogP contribution in [0.2, 0.25) is 0 Å². The average Bonchev–Trinajstić information content (AvgIpc) is 3.21. The Morgan fingerprint density at radius 1 is 1.23 bits per heavy atom. The average molecular weight is 604 g/mol. The lowest BCUT2D eigenvalue weighted by molar-refractivity contribution is 0.230. The number of halogens is 1. The van der Waals surface area contributed by atoms with E-state index >= 15 is 0 Å². The molecule has 0 aliphatic heterocycles. The van der Waals surface area contributed by atoms with Gasteiger partial charge in [0.05, 0.1) is 22.1 Å². The van der Waals surface area contributed by atoms with Crippen LogP contribution in [0, 0.1) is 0 Å². The summed E-state index contributed by atoms with van der Waals surface area (Å²) in [6.07, 6.45) is 2.00. The summed E-state index contributed by atoms with van der Waals surface area (Å²) in [5, 5.41) is 4.35. The van der Waals surface area contributed by atoms with Crippen molar-refractivity contribution in [2.24, 2.45) is 4.99 Å². The topological polar surface area (TPSA) is 74.7 Å². The number of likely N-dealkylation sites (N-methyl/N-ethyl adjacent to an activating group) is 1. The van der Waals surface area contributed by atoms with Crippen molar-refractivity contribution in [2.45, 2.75) is 64.2 Å². The van der Waals surface area contributed by atoms with Gasteiger partial charge in [-0.25, -0.2) is 13.4 Å². The molecule has 2 rings (SSSR count). The van der Waals surface area contributed by atoms with Crippen molar-refractivity contribution in [3.8, 4) is 0 Å². The van der Waals surface area contributed by atoms with E-state index in [-0.39, 0.29) is 5.75 Å². The Hall–Kier alpha value is -0.940. The lowest BCUT2D eigenvalue weighted by Gasteiger charge is -2.25. The number of aryl methyl sites for hydroxylation is 1. The summed E-state index contributed by atoms with van der Waals surface area (Å²) in [5.41, 5.74) is 1.19. The highest BCUT2D eigenvalue weighted by Gasteiger charge is 2.20. The van der Waals surface area contributed by atoms with Gasteiger partial charge in [0.25, 0.3) is 0 Å². The first-order valence-corrected chi connectivity index (χ1v) is 16.7. The number of sulfone groups is 1. The van der Waals surface area contributed by atoms with Gasteiger partial charge < -0.3 is 10.2 Å². The van der Waals surface area contributed by atoms with E-state index in [1.165, 1.54) is 15.6 Å². The zero-order valence-electron chi connectivity index (χ0n) is 21.5. The Balaban J connectivity index is 1.94. The number of hydrogen-bond donors (Lipinski definition) is 1. The standard InChI is InChI=1S/C25H39BrN4O2S3/c1-6-22-21(29-25(34-22)16-19(5)30(8-3)9-4)17-33-15-14-28-24(27-7-2)18-35(31,32)23-13-11-10-12-20(23)26/h10-13,19H,6-9,14-18H2,1-5H3,(H,27,28). The van der Waals surface area contributed by atoms with Crippen molar-refractivity contribution in [1.82, 2.24) is 15.2 Å². The van der Waals surface area contributed by atoms with Crippen molar-refractivity contribution in [2.75, 3.05) is 37.7 Å². The quantitative estimate of drug-likeness (QED) is 0.166. The van der Waals surface area contributed by atoms with Crippen molar-refractivity contribution in [3.05, 3.63) is 44.3 Å². The Bertz CT molecular complexity index is 1050. The summed E-state index contributed by atoms with van der Waals surface area (Å²) in [6, 6.07) is 7.40. The van der Waals surface area contributed by atoms with Crippen molar-refractivity contribution in [3.63, 3.8) is 0 Å². The molecule has 0 saturated carbocycles. The molecule has 35 heavy (non-hydrogen) atoms. The third-order valence-electron chi connectivity index (χ3n) is 5.71. The first-order chi connectivity index (χ1) is 16.7. The molecule has 0 saturated heterocycles. The van der Waals surface area contributed by atoms with Crippen molar-refractivity contribution >= 4 is 54.7 Å². The number of thiazole rings is 1. The molecule has 0 aliphatic rings. The SMILES string of the molecule is CCNC(CS(=O)(=O)c1ccccc1Br)=NCCSCc1nc(CC(C)N(CC)CC)sc1CC. The molecule has 1 aromatic carbocycles. The maximum atomic E-state index is 12.9. The number of benzene rings is 1. The maximum Gasteiger partial charge on any atom is 0.186 e. The van der Waals surface area contributed by atoms with Gasteiger partial charge in [0.15, 0.2) is 9.84 Å². The van der Waals surface area contributed by atoms with Gasteiger partial charge in [-0.05, 0) is 61.4 Å². The smallest absolute Gasteiger partial charge is 0.186 e. The van der Waals surface area contributed by atoms with Gasteiger partial charge in [-0.3, -0.25) is 4.99 Å². The van der Waals surface area contributed by atoms with E-state index in [2.05, 4.69) is 58.8 Å². The second kappa shape index (κ2) is 15.3. The first kappa shape index (κ1) is 30.3. The highest BCUT2D eigenvalue weighted by atomic mass is 79.9. The zero-order valence-corrected chi connectivity index (χ0v) is 25.5. The van der Waals surface area contributed by atoms with Crippen LogP contribution < -0.4 is 5.32 Å². The molecule has 0 aliphatic carbocycles. The molecule has 1 atom stereocenters. The minimum absolute atomic E-state index is 0.131. The van der Waals surface area contributed by atoms with E-state index in [4.69, 9.17) is 4.98 Å². The van der Waals surface area contributed by atoms with Gasteiger partial charge in [-0.2, -0.15) is 11.8 Å². The van der Waals surface area contributed by atoms with Crippen LogP contribution in [0.15, 0.2) is 38.6 Å². The molecule has 0 radical (unpaired) electrons. The molecule has 1 heterocycles. The van der Waals surface area contributed by atoms with E-state index in [1.54, 1.807) is 36.0 Å². The number of nitrogens with zero attached hydrogens (tertiary/aromatic N) is 3. The van der Waals surface area contributed by atoms with Crippen LogP contribution in [0.3, 0.4) is 0 Å². The summed E-state index contributed by atoms with van der Waals surface area (Å²) >= 11 is 7.00. The lowest BCUT2D eigenvalue weighted by Crippen LogP contribution is -2.34. The summed E-state index contributed by atoms with van der Waals surface area (Å²) in [7, 11) is -3.48. The van der Waals surface area contributed by atoms with Crippen molar-refractivity contribution < 1.29 is 8.42 Å². The number of aliphatic imine (C=N–C) groups is 1. The van der Waals surface area contributed by atoms with Crippen LogP contribution in [-0.4, -0.2) is 67.9 Å². The lowest BCUT2D eigenvalue weighted by atomic mass is 10.2. The van der Waals surface area contributed by atoms with Gasteiger partial charge in [0.1, 0.15) is 11.6 Å². The molecule has 0 amide bonds. The Labute approximate surface area is 228 Å². The van der Waals surface area contributed by atoms with Gasteiger partial charge in [0, 0.05) is 39.9 Å². The van der Waals surface area contributed by atoms with E-state index < -0.39 is 9.84 Å². The molecule has 0 spiro atoms. The molecular formula is C25H39BrN4O2S3. The fourth-order valence-corrected chi connectivity index (χ4v) is 8.28. The minimum atomic E-state index is -3.48. The van der Waals surface area contributed by atoms with Crippen LogP contribution >= 0.6 is 39.0 Å². The van der Waals surface area contributed by atoms with Crippen LogP contribution in [0.5, 0.6) is 0 Å². The molecule has 0 bridgehead atoms. The van der Waals surface area contributed by atoms with Crippen LogP contribution in [0.25, 0.3) is 0 Å². The number of aromatic nitrogens is 1. The fraction of sp³-hybridized carbons (Fsp3) is 0.600. The number of nitrogens with one attached hydrogen (secondary N) is 1. The second-order valence-electron chi connectivity index (χ2n) is 8.21. The predicted molar refractivity (Wildman–Crippen MR) is 156 cm³/mol. The molecule has 1 N–H and O–H groups in total. The Morgan fingerprint density at radius 3 is 2.57 bits per heavy atom. The Morgan fingerprint density at radius 2 is 1.94 bits per heavy atom. The Kier molecular flexibility index (Phi) is 13.3. The summed E-state index contributed by atoms with van der Waals surface area (Å²) in [4.78, 5) is 13.7. The largest absolute Gasteiger partial charge is 0.373 e. The van der Waals surface area contributed by atoms with Gasteiger partial charge in [-0.15, -0.1) is 11.3 Å². The van der Waals surface area contributed by atoms with Gasteiger partial charge in [0.2, 0.25) is 0 Å². The zero-order chi connectivity index (χ0) is 25.8. The number of thioether (sulfide) groups is 1.